The van der Waals surface area contributed by atoms with E-state index in [1.165, 1.54) is 11.1 Å². The van der Waals surface area contributed by atoms with Crippen molar-refractivity contribution in [3.63, 3.8) is 0 Å². The van der Waals surface area contributed by atoms with Crippen molar-refractivity contribution in [3.8, 4) is 28.7 Å². The van der Waals surface area contributed by atoms with Gasteiger partial charge >= 0.3 is 5.76 Å². The number of benzene rings is 1. The maximum Gasteiger partial charge on any atom is 0.438 e. The average Bonchev–Trinajstić information content (AvgIpc) is 3.51. The molecule has 1 aliphatic rings. The highest BCUT2D eigenvalue weighted by molar-refractivity contribution is 6.32. The van der Waals surface area contributed by atoms with Crippen molar-refractivity contribution in [1.82, 2.24) is 25.3 Å². The second-order valence-corrected chi connectivity index (χ2v) is 8.80. The van der Waals surface area contributed by atoms with Crippen LogP contribution in [0.4, 0.5) is 0 Å². The van der Waals surface area contributed by atoms with Crippen molar-refractivity contribution < 1.29 is 13.8 Å². The number of nitrogens with one attached hydrogen (secondary N) is 1. The lowest BCUT2D eigenvalue weighted by molar-refractivity contribution is 0.233. The molecule has 0 fully saturated rings. The smallest absolute Gasteiger partial charge is 0.438 e. The highest BCUT2D eigenvalue weighted by Gasteiger charge is 2.27. The Labute approximate surface area is 194 Å². The minimum Gasteiger partial charge on any atom is -0.474 e. The quantitative estimate of drug-likeness (QED) is 0.440. The Morgan fingerprint density at radius 1 is 1.27 bits per heavy atom. The molecule has 0 amide bonds. The van der Waals surface area contributed by atoms with Crippen molar-refractivity contribution in [2.75, 3.05) is 0 Å². The fraction of sp³-hybridized carbons (Fsp3) is 0.348. The van der Waals surface area contributed by atoms with Crippen LogP contribution in [0.25, 0.3) is 22.8 Å². The van der Waals surface area contributed by atoms with Gasteiger partial charge in [-0.05, 0) is 62.3 Å². The number of rotatable bonds is 6. The first kappa shape index (κ1) is 21.4. The van der Waals surface area contributed by atoms with Crippen LogP contribution in [0, 0.1) is 6.92 Å². The van der Waals surface area contributed by atoms with Gasteiger partial charge in [0, 0.05) is 18.2 Å². The van der Waals surface area contributed by atoms with E-state index in [0.29, 0.717) is 40.4 Å². The van der Waals surface area contributed by atoms with E-state index in [1.54, 1.807) is 12.3 Å². The van der Waals surface area contributed by atoms with Crippen molar-refractivity contribution >= 4 is 11.6 Å². The summed E-state index contributed by atoms with van der Waals surface area (Å²) in [6, 6.07) is 5.81. The van der Waals surface area contributed by atoms with Gasteiger partial charge in [-0.15, -0.1) is 0 Å². The summed E-state index contributed by atoms with van der Waals surface area (Å²) in [5.74, 6) is 1.53. The molecule has 0 spiro atoms. The zero-order valence-electron chi connectivity index (χ0n) is 18.4. The average molecular weight is 468 g/mol. The van der Waals surface area contributed by atoms with Crippen LogP contribution in [0.5, 0.6) is 5.88 Å². The van der Waals surface area contributed by atoms with Crippen LogP contribution in [0.3, 0.4) is 0 Å². The molecule has 1 unspecified atom stereocenters. The first-order chi connectivity index (χ1) is 15.9. The lowest BCUT2D eigenvalue weighted by Crippen LogP contribution is -2.07. The van der Waals surface area contributed by atoms with Crippen LogP contribution in [0.15, 0.2) is 38.2 Å². The molecule has 1 N–H and O–H groups in total. The summed E-state index contributed by atoms with van der Waals surface area (Å²) in [6.45, 7) is 5.89. The number of H-pyrrole nitrogens is 1. The number of halogens is 1. The summed E-state index contributed by atoms with van der Waals surface area (Å²) in [6.07, 6.45) is 4.12. The van der Waals surface area contributed by atoms with Gasteiger partial charge in [-0.25, -0.2) is 9.78 Å². The summed E-state index contributed by atoms with van der Waals surface area (Å²) in [7, 11) is 0. The third-order valence-corrected chi connectivity index (χ3v) is 6.08. The van der Waals surface area contributed by atoms with Gasteiger partial charge in [0.1, 0.15) is 5.02 Å². The number of hydrogen-bond donors (Lipinski definition) is 1. The van der Waals surface area contributed by atoms with Gasteiger partial charge in [0.2, 0.25) is 11.7 Å². The Kier molecular flexibility index (Phi) is 5.49. The highest BCUT2D eigenvalue weighted by atomic mass is 35.5. The van der Waals surface area contributed by atoms with Crippen LogP contribution in [0.1, 0.15) is 48.7 Å². The molecule has 3 aromatic heterocycles. The molecule has 0 saturated heterocycles. The molecule has 10 heteroatoms. The first-order valence-electron chi connectivity index (χ1n) is 10.7. The Hall–Kier alpha value is -3.46. The standard InChI is InChI=1S/C23H22ClN5O4/c1-11(2)31-22-18(24)8-14(10-25-22)21-27-20(29-32-21)16-6-7-17-13(4-5-15(17)12(16)3)9-19-26-23(30)33-28-19/h6-8,10-11,13H,4-5,9H2,1-3H3,(H,26,28,30). The second kappa shape index (κ2) is 8.47. The molecule has 0 aliphatic heterocycles. The molecule has 4 aromatic rings. The molecule has 1 aromatic carbocycles. The predicted molar refractivity (Wildman–Crippen MR) is 120 cm³/mol. The Morgan fingerprint density at radius 2 is 2.12 bits per heavy atom. The van der Waals surface area contributed by atoms with Crippen molar-refractivity contribution in [2.24, 2.45) is 0 Å². The molecular formula is C23H22ClN5O4. The van der Waals surface area contributed by atoms with Crippen LogP contribution in [-0.2, 0) is 12.8 Å². The van der Waals surface area contributed by atoms with E-state index in [-0.39, 0.29) is 12.0 Å². The molecular weight excluding hydrogens is 446 g/mol. The lowest BCUT2D eigenvalue weighted by atomic mass is 9.93. The number of hydrogen-bond acceptors (Lipinski definition) is 8. The van der Waals surface area contributed by atoms with Crippen molar-refractivity contribution in [2.45, 2.75) is 52.1 Å². The predicted octanol–water partition coefficient (Wildman–Crippen LogP) is 4.50. The maximum absolute atomic E-state index is 11.2. The number of aromatic nitrogens is 5. The summed E-state index contributed by atoms with van der Waals surface area (Å²) < 4.78 is 15.7. The number of fused-ring (bicyclic) bond motifs is 1. The number of pyridine rings is 1. The van der Waals surface area contributed by atoms with Crippen LogP contribution < -0.4 is 10.5 Å². The summed E-state index contributed by atoms with van der Waals surface area (Å²) in [5, 5.41) is 8.37. The van der Waals surface area contributed by atoms with Gasteiger partial charge in [-0.1, -0.05) is 34.0 Å². The van der Waals surface area contributed by atoms with E-state index in [0.717, 1.165) is 24.0 Å². The van der Waals surface area contributed by atoms with Gasteiger partial charge < -0.3 is 9.26 Å². The van der Waals surface area contributed by atoms with E-state index < -0.39 is 5.76 Å². The third-order valence-electron chi connectivity index (χ3n) is 5.81. The van der Waals surface area contributed by atoms with Gasteiger partial charge in [-0.3, -0.25) is 9.51 Å². The lowest BCUT2D eigenvalue weighted by Gasteiger charge is -2.12. The zero-order chi connectivity index (χ0) is 23.1. The van der Waals surface area contributed by atoms with Gasteiger partial charge in [-0.2, -0.15) is 4.98 Å². The van der Waals surface area contributed by atoms with E-state index in [9.17, 15) is 4.79 Å². The summed E-state index contributed by atoms with van der Waals surface area (Å²) in [5.41, 5.74) is 5.18. The van der Waals surface area contributed by atoms with E-state index in [2.05, 4.69) is 42.8 Å². The maximum atomic E-state index is 11.2. The number of nitrogens with zero attached hydrogens (tertiary/aromatic N) is 4. The zero-order valence-corrected chi connectivity index (χ0v) is 19.1. The van der Waals surface area contributed by atoms with Gasteiger partial charge in [0.15, 0.2) is 5.82 Å². The molecule has 33 heavy (non-hydrogen) atoms. The molecule has 5 rings (SSSR count). The van der Waals surface area contributed by atoms with E-state index >= 15 is 0 Å². The highest BCUT2D eigenvalue weighted by Crippen LogP contribution is 2.40. The molecule has 1 aliphatic carbocycles. The Morgan fingerprint density at radius 3 is 2.85 bits per heavy atom. The summed E-state index contributed by atoms with van der Waals surface area (Å²) in [4.78, 5) is 22.7. The Bertz CT molecular complexity index is 1370. The van der Waals surface area contributed by atoms with Gasteiger partial charge in [0.25, 0.3) is 5.89 Å². The van der Waals surface area contributed by atoms with Crippen LogP contribution in [0.2, 0.25) is 5.02 Å². The second-order valence-electron chi connectivity index (χ2n) is 8.39. The fourth-order valence-corrected chi connectivity index (χ4v) is 4.52. The monoisotopic (exact) mass is 467 g/mol. The van der Waals surface area contributed by atoms with Crippen LogP contribution >= 0.6 is 11.6 Å². The molecule has 0 radical (unpaired) electrons. The van der Waals surface area contributed by atoms with E-state index in [4.69, 9.17) is 20.9 Å². The normalized spacial score (nSPS) is 15.2. The first-order valence-corrected chi connectivity index (χ1v) is 11.1. The number of aromatic amines is 1. The van der Waals surface area contributed by atoms with Crippen LogP contribution in [-0.4, -0.2) is 31.4 Å². The topological polar surface area (TPSA) is 120 Å². The molecule has 0 bridgehead atoms. The third kappa shape index (κ3) is 4.16. The molecule has 9 nitrogen and oxygen atoms in total. The Balaban J connectivity index is 1.40. The van der Waals surface area contributed by atoms with Crippen molar-refractivity contribution in [1.29, 1.82) is 0 Å². The molecule has 170 valence electrons. The molecule has 3 heterocycles. The van der Waals surface area contributed by atoms with E-state index in [1.807, 2.05) is 19.9 Å². The minimum absolute atomic E-state index is 0.0310. The summed E-state index contributed by atoms with van der Waals surface area (Å²) >= 11 is 6.30. The number of ether oxygens (including phenoxy) is 1. The SMILES string of the molecule is Cc1c(-c2noc(-c3cnc(OC(C)C)c(Cl)c3)n2)ccc2c1CCC2Cc1noc(=O)[nH]1. The van der Waals surface area contributed by atoms with Gasteiger partial charge in [0.05, 0.1) is 11.7 Å². The largest absolute Gasteiger partial charge is 0.474 e. The fourth-order valence-electron chi connectivity index (χ4n) is 4.30. The molecule has 0 saturated carbocycles. The molecule has 1 atom stereocenters. The minimum atomic E-state index is -0.527. The van der Waals surface area contributed by atoms with Crippen molar-refractivity contribution in [3.05, 3.63) is 62.5 Å².